The molecule has 0 spiro atoms. The number of nitrogens with zero attached hydrogens (tertiary/aromatic N) is 1. The Morgan fingerprint density at radius 2 is 2.17 bits per heavy atom. The third-order valence-electron chi connectivity index (χ3n) is 6.23. The van der Waals surface area contributed by atoms with Crippen LogP contribution < -0.4 is 10.6 Å². The van der Waals surface area contributed by atoms with Crippen molar-refractivity contribution in [2.24, 2.45) is 5.41 Å². The van der Waals surface area contributed by atoms with Crippen LogP contribution in [0.4, 0.5) is 0 Å². The van der Waals surface area contributed by atoms with Crippen molar-refractivity contribution < 1.29 is 4.79 Å². The minimum Gasteiger partial charge on any atom is -0.350 e. The zero-order valence-corrected chi connectivity index (χ0v) is 13.9. The minimum absolute atomic E-state index is 0.160. The topological polar surface area (TPSA) is 54.0 Å². The maximum atomic E-state index is 13.0. The molecule has 2 heterocycles. The van der Waals surface area contributed by atoms with Crippen molar-refractivity contribution in [2.45, 2.75) is 70.4 Å². The molecule has 1 aromatic rings. The molecule has 0 aromatic carbocycles. The van der Waals surface area contributed by atoms with Gasteiger partial charge in [-0.3, -0.25) is 9.78 Å². The van der Waals surface area contributed by atoms with Gasteiger partial charge in [0.25, 0.3) is 0 Å². The first-order valence-corrected chi connectivity index (χ1v) is 9.27. The summed E-state index contributed by atoms with van der Waals surface area (Å²) in [6.45, 7) is 1.58. The fourth-order valence-electron chi connectivity index (χ4n) is 4.92. The van der Waals surface area contributed by atoms with Crippen molar-refractivity contribution in [1.82, 2.24) is 15.6 Å². The number of nitrogens with one attached hydrogen (secondary N) is 2. The second kappa shape index (κ2) is 6.23. The lowest BCUT2D eigenvalue weighted by molar-refractivity contribution is -0.133. The predicted molar refractivity (Wildman–Crippen MR) is 90.0 cm³/mol. The lowest BCUT2D eigenvalue weighted by Crippen LogP contribution is -2.50. The third-order valence-corrected chi connectivity index (χ3v) is 6.23. The van der Waals surface area contributed by atoms with E-state index in [1.54, 1.807) is 0 Å². The molecule has 0 radical (unpaired) electrons. The molecule has 4 heteroatoms. The molecule has 2 N–H and O–H groups in total. The zero-order valence-electron chi connectivity index (χ0n) is 13.9. The van der Waals surface area contributed by atoms with Crippen LogP contribution in [0.15, 0.2) is 12.3 Å². The Morgan fingerprint density at radius 3 is 3.13 bits per heavy atom. The van der Waals surface area contributed by atoms with E-state index in [1.807, 2.05) is 6.20 Å². The van der Waals surface area contributed by atoms with Crippen molar-refractivity contribution in [2.75, 3.05) is 6.54 Å². The molecule has 0 bridgehead atoms. The highest BCUT2D eigenvalue weighted by atomic mass is 16.2. The molecular weight excluding hydrogens is 286 g/mol. The average molecular weight is 313 g/mol. The number of rotatable bonds is 3. The molecule has 1 amide bonds. The second-order valence-corrected chi connectivity index (χ2v) is 7.44. The Balaban J connectivity index is 1.48. The van der Waals surface area contributed by atoms with Crippen molar-refractivity contribution in [3.8, 4) is 0 Å². The summed E-state index contributed by atoms with van der Waals surface area (Å²) in [4.78, 5) is 17.5. The second-order valence-electron chi connectivity index (χ2n) is 7.44. The molecule has 1 saturated carbocycles. The van der Waals surface area contributed by atoms with Gasteiger partial charge in [-0.1, -0.05) is 12.8 Å². The van der Waals surface area contributed by atoms with E-state index in [0.717, 1.165) is 44.3 Å². The lowest BCUT2D eigenvalue weighted by atomic mass is 9.70. The number of aryl methyl sites for hydroxylation is 1. The van der Waals surface area contributed by atoms with Gasteiger partial charge in [0.2, 0.25) is 5.91 Å². The molecule has 2 fully saturated rings. The van der Waals surface area contributed by atoms with Gasteiger partial charge < -0.3 is 10.6 Å². The summed E-state index contributed by atoms with van der Waals surface area (Å²) < 4.78 is 0. The van der Waals surface area contributed by atoms with E-state index in [2.05, 4.69) is 21.7 Å². The van der Waals surface area contributed by atoms with E-state index in [4.69, 9.17) is 0 Å². The van der Waals surface area contributed by atoms with Gasteiger partial charge in [-0.2, -0.15) is 0 Å². The minimum atomic E-state index is -0.160. The zero-order chi connectivity index (χ0) is 15.7. The highest BCUT2D eigenvalue weighted by Crippen LogP contribution is 2.43. The van der Waals surface area contributed by atoms with Crippen LogP contribution in [0.5, 0.6) is 0 Å². The summed E-state index contributed by atoms with van der Waals surface area (Å²) in [5.74, 6) is 0.252. The van der Waals surface area contributed by atoms with Gasteiger partial charge in [-0.05, 0) is 68.7 Å². The lowest BCUT2D eigenvalue weighted by Gasteiger charge is -2.37. The summed E-state index contributed by atoms with van der Waals surface area (Å²) in [7, 11) is 0. The Bertz CT molecular complexity index is 600. The molecule has 23 heavy (non-hydrogen) atoms. The molecule has 4 nitrogen and oxygen atoms in total. The van der Waals surface area contributed by atoms with Crippen molar-refractivity contribution >= 4 is 5.91 Å². The molecule has 0 unspecified atom stereocenters. The maximum absolute atomic E-state index is 13.0. The number of carbonyl (C=O) groups excluding carboxylic acids is 1. The van der Waals surface area contributed by atoms with Crippen molar-refractivity contribution in [1.29, 1.82) is 0 Å². The SMILES string of the molecule is O=C(NCc1nccc2c1CCCC2)[C@@]12CCCC[C@@H]1NCC2. The van der Waals surface area contributed by atoms with E-state index in [0.29, 0.717) is 12.6 Å². The van der Waals surface area contributed by atoms with Crippen LogP contribution in [0.3, 0.4) is 0 Å². The van der Waals surface area contributed by atoms with Gasteiger partial charge in [0.05, 0.1) is 17.7 Å². The number of hydrogen-bond acceptors (Lipinski definition) is 3. The highest BCUT2D eigenvalue weighted by molar-refractivity contribution is 5.84. The summed E-state index contributed by atoms with van der Waals surface area (Å²) in [6.07, 6.45) is 12.3. The molecule has 4 rings (SSSR count). The van der Waals surface area contributed by atoms with Gasteiger partial charge >= 0.3 is 0 Å². The first kappa shape index (κ1) is 15.1. The largest absolute Gasteiger partial charge is 0.350 e. The first-order valence-electron chi connectivity index (χ1n) is 9.27. The quantitative estimate of drug-likeness (QED) is 0.901. The van der Waals surface area contributed by atoms with E-state index >= 15 is 0 Å². The van der Waals surface area contributed by atoms with Crippen LogP contribution >= 0.6 is 0 Å². The number of fused-ring (bicyclic) bond motifs is 2. The van der Waals surface area contributed by atoms with Gasteiger partial charge in [0.15, 0.2) is 0 Å². The summed E-state index contributed by atoms with van der Waals surface area (Å²) >= 11 is 0. The molecule has 3 aliphatic rings. The molecule has 2 aliphatic carbocycles. The van der Waals surface area contributed by atoms with Crippen LogP contribution in [-0.2, 0) is 24.2 Å². The van der Waals surface area contributed by atoms with Crippen LogP contribution in [-0.4, -0.2) is 23.5 Å². The smallest absolute Gasteiger partial charge is 0.228 e. The van der Waals surface area contributed by atoms with Crippen LogP contribution in [0, 0.1) is 5.41 Å². The van der Waals surface area contributed by atoms with Gasteiger partial charge in [0.1, 0.15) is 0 Å². The van der Waals surface area contributed by atoms with Crippen molar-refractivity contribution in [3.63, 3.8) is 0 Å². The average Bonchev–Trinajstić information content (AvgIpc) is 3.05. The van der Waals surface area contributed by atoms with Crippen LogP contribution in [0.25, 0.3) is 0 Å². The van der Waals surface area contributed by atoms with Gasteiger partial charge in [-0.25, -0.2) is 0 Å². The Hall–Kier alpha value is -1.42. The van der Waals surface area contributed by atoms with Crippen LogP contribution in [0.2, 0.25) is 0 Å². The predicted octanol–water partition coefficient (Wildman–Crippen LogP) is 2.50. The summed E-state index contributed by atoms with van der Waals surface area (Å²) in [5, 5.41) is 6.79. The molecule has 1 aromatic heterocycles. The number of aromatic nitrogens is 1. The van der Waals surface area contributed by atoms with E-state index in [1.165, 1.54) is 36.8 Å². The number of pyridine rings is 1. The summed E-state index contributed by atoms with van der Waals surface area (Å²) in [5.41, 5.74) is 3.76. The molecule has 124 valence electrons. The fraction of sp³-hybridized carbons (Fsp3) is 0.684. The molecule has 2 atom stereocenters. The highest BCUT2D eigenvalue weighted by Gasteiger charge is 2.49. The first-order chi connectivity index (χ1) is 11.3. The molecule has 1 saturated heterocycles. The number of hydrogen-bond donors (Lipinski definition) is 2. The Labute approximate surface area is 138 Å². The van der Waals surface area contributed by atoms with E-state index in [9.17, 15) is 4.79 Å². The normalized spacial score (nSPS) is 29.7. The standard InChI is InChI=1S/C19H27N3O/c23-18(19-9-4-3-7-17(19)21-12-10-19)22-13-16-15-6-2-1-5-14(15)8-11-20-16/h8,11,17,21H,1-7,9-10,12-13H2,(H,22,23)/t17-,19+/m0/s1. The van der Waals surface area contributed by atoms with Crippen molar-refractivity contribution in [3.05, 3.63) is 29.1 Å². The van der Waals surface area contributed by atoms with E-state index in [-0.39, 0.29) is 11.3 Å². The third kappa shape index (κ3) is 2.67. The fourth-order valence-corrected chi connectivity index (χ4v) is 4.92. The van der Waals surface area contributed by atoms with E-state index < -0.39 is 0 Å². The Kier molecular flexibility index (Phi) is 4.10. The maximum Gasteiger partial charge on any atom is 0.228 e. The van der Waals surface area contributed by atoms with Crippen LogP contribution in [0.1, 0.15) is 61.8 Å². The number of amides is 1. The van der Waals surface area contributed by atoms with Gasteiger partial charge in [-0.15, -0.1) is 0 Å². The number of carbonyl (C=O) groups is 1. The summed E-state index contributed by atoms with van der Waals surface area (Å²) in [6, 6.07) is 2.53. The Morgan fingerprint density at radius 1 is 1.26 bits per heavy atom. The van der Waals surface area contributed by atoms with Gasteiger partial charge in [0, 0.05) is 12.2 Å². The monoisotopic (exact) mass is 313 g/mol. The molecule has 1 aliphatic heterocycles. The molecular formula is C19H27N3O.